The van der Waals surface area contributed by atoms with Gasteiger partial charge in [-0.25, -0.2) is 0 Å². The van der Waals surface area contributed by atoms with Gasteiger partial charge >= 0.3 is 6.29 Å². The molecule has 1 amide bonds. The maximum atomic E-state index is 13.1. The van der Waals surface area contributed by atoms with Crippen LogP contribution in [0.4, 0.5) is 14.5 Å². The normalized spacial score (nSPS) is 15.2. The van der Waals surface area contributed by atoms with Crippen LogP contribution in [-0.4, -0.2) is 24.6 Å². The van der Waals surface area contributed by atoms with Gasteiger partial charge in [-0.2, -0.15) is 0 Å². The van der Waals surface area contributed by atoms with Crippen LogP contribution in [0.25, 0.3) is 0 Å². The Labute approximate surface area is 120 Å². The second kappa shape index (κ2) is 5.44. The van der Waals surface area contributed by atoms with Gasteiger partial charge in [-0.3, -0.25) is 4.79 Å². The van der Waals surface area contributed by atoms with Gasteiger partial charge in [0.1, 0.15) is 5.88 Å². The van der Waals surface area contributed by atoms with Crippen LogP contribution in [0.3, 0.4) is 0 Å². The lowest BCUT2D eigenvalue weighted by Crippen LogP contribution is -2.32. The Morgan fingerprint density at radius 3 is 2.60 bits per heavy atom. The highest BCUT2D eigenvalue weighted by atomic mass is 35.5. The van der Waals surface area contributed by atoms with Crippen molar-refractivity contribution in [3.05, 3.63) is 17.7 Å². The largest absolute Gasteiger partial charge is 0.586 e. The number of hydrogen-bond donors (Lipinski definition) is 0. The summed E-state index contributed by atoms with van der Waals surface area (Å²) < 4.78 is 35.2. The minimum Gasteiger partial charge on any atom is -0.395 e. The number of carbonyl (C=O) groups is 1. The second-order valence-electron chi connectivity index (χ2n) is 4.18. The zero-order valence-corrected chi connectivity index (χ0v) is 11.8. The maximum absolute atomic E-state index is 13.1. The van der Waals surface area contributed by atoms with Gasteiger partial charge < -0.3 is 14.4 Å². The van der Waals surface area contributed by atoms with Gasteiger partial charge in [-0.15, -0.1) is 20.4 Å². The number of fused-ring (bicyclic) bond motifs is 1. The molecule has 4 nitrogen and oxygen atoms in total. The van der Waals surface area contributed by atoms with Gasteiger partial charge in [-0.1, -0.05) is 6.92 Å². The van der Waals surface area contributed by atoms with Crippen LogP contribution in [0, 0.1) is 0 Å². The Kier molecular flexibility index (Phi) is 4.04. The minimum absolute atomic E-state index is 0.0178. The Hall–Kier alpha value is -1.56. The van der Waals surface area contributed by atoms with Crippen molar-refractivity contribution >= 4 is 23.2 Å². The van der Waals surface area contributed by atoms with Crippen molar-refractivity contribution in [2.24, 2.45) is 0 Å². The highest BCUT2D eigenvalue weighted by Crippen LogP contribution is 2.46. The van der Waals surface area contributed by atoms with E-state index in [0.29, 0.717) is 24.2 Å². The molecule has 0 spiro atoms. The molecule has 0 unspecified atom stereocenters. The van der Waals surface area contributed by atoms with Crippen LogP contribution in [0.2, 0.25) is 0 Å². The molecule has 1 aliphatic heterocycles. The van der Waals surface area contributed by atoms with E-state index in [2.05, 4.69) is 9.47 Å². The van der Waals surface area contributed by atoms with E-state index in [-0.39, 0.29) is 23.3 Å². The molecule has 0 fully saturated rings. The third-order valence-electron chi connectivity index (χ3n) is 3.03. The first-order valence-electron chi connectivity index (χ1n) is 6.21. The molecule has 110 valence electrons. The second-order valence-corrected chi connectivity index (χ2v) is 4.45. The summed E-state index contributed by atoms with van der Waals surface area (Å²) in [5.41, 5.74) is 1.01. The fourth-order valence-electron chi connectivity index (χ4n) is 2.20. The quantitative estimate of drug-likeness (QED) is 0.802. The summed E-state index contributed by atoms with van der Waals surface area (Å²) in [6, 6.07) is 2.94. The summed E-state index contributed by atoms with van der Waals surface area (Å²) in [7, 11) is 0. The van der Waals surface area contributed by atoms with Crippen molar-refractivity contribution in [3.8, 4) is 11.5 Å². The molecule has 1 aromatic rings. The topological polar surface area (TPSA) is 38.8 Å². The number of anilines is 1. The first-order valence-corrected chi connectivity index (χ1v) is 6.75. The first-order chi connectivity index (χ1) is 9.43. The summed E-state index contributed by atoms with van der Waals surface area (Å²) in [4.78, 5) is 13.2. The zero-order valence-electron chi connectivity index (χ0n) is 11.1. The fraction of sp³-hybridized carbons (Fsp3) is 0.462. The predicted octanol–water partition coefficient (Wildman–Crippen LogP) is 3.16. The summed E-state index contributed by atoms with van der Waals surface area (Å²) in [5.74, 6) is -0.517. The predicted molar refractivity (Wildman–Crippen MR) is 70.8 cm³/mol. The molecule has 0 bridgehead atoms. The SMILES string of the molecule is CCc1c(N(CC)C(=O)CCl)ccc2c1OC(F)(F)O2. The molecule has 0 aromatic heterocycles. The van der Waals surface area contributed by atoms with Crippen molar-refractivity contribution in [1.29, 1.82) is 0 Å². The van der Waals surface area contributed by atoms with E-state index in [4.69, 9.17) is 11.6 Å². The average molecular weight is 306 g/mol. The van der Waals surface area contributed by atoms with E-state index < -0.39 is 6.29 Å². The standard InChI is InChI=1S/C13H14ClF2NO3/c1-3-8-9(17(4-2)11(18)7-14)5-6-10-12(8)20-13(15,16)19-10/h5-6H,3-4,7H2,1-2H3. The maximum Gasteiger partial charge on any atom is 0.586 e. The molecular weight excluding hydrogens is 292 g/mol. The van der Waals surface area contributed by atoms with E-state index in [9.17, 15) is 13.6 Å². The number of nitrogens with zero attached hydrogens (tertiary/aromatic N) is 1. The van der Waals surface area contributed by atoms with Crippen LogP contribution in [-0.2, 0) is 11.2 Å². The van der Waals surface area contributed by atoms with Crippen LogP contribution in [0.15, 0.2) is 12.1 Å². The molecule has 20 heavy (non-hydrogen) atoms. The third-order valence-corrected chi connectivity index (χ3v) is 3.25. The first kappa shape index (κ1) is 14.8. The molecular formula is C13H14ClF2NO3. The van der Waals surface area contributed by atoms with Crippen LogP contribution >= 0.6 is 11.6 Å². The lowest BCUT2D eigenvalue weighted by atomic mass is 10.1. The summed E-state index contributed by atoms with van der Waals surface area (Å²) in [6.45, 7) is 3.95. The van der Waals surface area contributed by atoms with Gasteiger partial charge in [0, 0.05) is 12.1 Å². The fourth-order valence-corrected chi connectivity index (χ4v) is 2.35. The molecule has 0 radical (unpaired) electrons. The van der Waals surface area contributed by atoms with E-state index in [0.717, 1.165) is 0 Å². The molecule has 1 heterocycles. The molecule has 0 saturated carbocycles. The number of hydrogen-bond acceptors (Lipinski definition) is 3. The van der Waals surface area contributed by atoms with Crippen molar-refractivity contribution in [2.75, 3.05) is 17.3 Å². The molecule has 0 saturated heterocycles. The highest BCUT2D eigenvalue weighted by Gasteiger charge is 2.45. The molecule has 0 N–H and O–H groups in total. The number of alkyl halides is 3. The van der Waals surface area contributed by atoms with Crippen LogP contribution < -0.4 is 14.4 Å². The summed E-state index contributed by atoms with van der Waals surface area (Å²) in [5, 5.41) is 0. The zero-order chi connectivity index (χ0) is 14.9. The Balaban J connectivity index is 2.49. The third kappa shape index (κ3) is 2.52. The van der Waals surface area contributed by atoms with Crippen molar-refractivity contribution < 1.29 is 23.0 Å². The van der Waals surface area contributed by atoms with Gasteiger partial charge in [0.25, 0.3) is 0 Å². The smallest absolute Gasteiger partial charge is 0.395 e. The molecule has 1 aliphatic rings. The highest BCUT2D eigenvalue weighted by molar-refractivity contribution is 6.29. The molecule has 0 atom stereocenters. The van der Waals surface area contributed by atoms with Crippen LogP contribution in [0.1, 0.15) is 19.4 Å². The van der Waals surface area contributed by atoms with Gasteiger partial charge in [0.05, 0.1) is 5.69 Å². The van der Waals surface area contributed by atoms with Gasteiger partial charge in [-0.05, 0) is 25.5 Å². The molecule has 0 aliphatic carbocycles. The van der Waals surface area contributed by atoms with Crippen molar-refractivity contribution in [2.45, 2.75) is 26.6 Å². The molecule has 1 aromatic carbocycles. The Morgan fingerprint density at radius 1 is 1.35 bits per heavy atom. The number of rotatable bonds is 4. The van der Waals surface area contributed by atoms with Crippen molar-refractivity contribution in [1.82, 2.24) is 0 Å². The number of ether oxygens (including phenoxy) is 2. The van der Waals surface area contributed by atoms with E-state index in [1.54, 1.807) is 19.9 Å². The van der Waals surface area contributed by atoms with Gasteiger partial charge in [0.2, 0.25) is 5.91 Å². The minimum atomic E-state index is -3.67. The lowest BCUT2D eigenvalue weighted by molar-refractivity contribution is -0.286. The Morgan fingerprint density at radius 2 is 2.05 bits per heavy atom. The number of halogens is 3. The van der Waals surface area contributed by atoms with E-state index in [1.807, 2.05) is 0 Å². The number of carbonyl (C=O) groups excluding carboxylic acids is 1. The summed E-state index contributed by atoms with van der Waals surface area (Å²) >= 11 is 5.57. The monoisotopic (exact) mass is 305 g/mol. The number of amides is 1. The van der Waals surface area contributed by atoms with Crippen molar-refractivity contribution in [3.63, 3.8) is 0 Å². The lowest BCUT2D eigenvalue weighted by Gasteiger charge is -2.23. The Bertz CT molecular complexity index is 537. The average Bonchev–Trinajstić information content (AvgIpc) is 2.73. The number of benzene rings is 1. The summed E-state index contributed by atoms with van der Waals surface area (Å²) in [6.07, 6.45) is -3.25. The molecule has 2 rings (SSSR count). The van der Waals surface area contributed by atoms with Gasteiger partial charge in [0.15, 0.2) is 11.5 Å². The van der Waals surface area contributed by atoms with E-state index >= 15 is 0 Å². The van der Waals surface area contributed by atoms with Crippen LogP contribution in [0.5, 0.6) is 11.5 Å². The molecule has 7 heteroatoms. The van der Waals surface area contributed by atoms with E-state index in [1.165, 1.54) is 11.0 Å².